The van der Waals surface area contributed by atoms with Gasteiger partial charge in [-0.2, -0.15) is 0 Å². The summed E-state index contributed by atoms with van der Waals surface area (Å²) in [4.78, 5) is 2.30. The summed E-state index contributed by atoms with van der Waals surface area (Å²) in [6, 6.07) is 5.27. The second-order valence-corrected chi connectivity index (χ2v) is 5.32. The van der Waals surface area contributed by atoms with E-state index in [-0.39, 0.29) is 12.4 Å². The molecule has 1 fully saturated rings. The van der Waals surface area contributed by atoms with Gasteiger partial charge in [0.2, 0.25) is 0 Å². The molecule has 2 N–H and O–H groups in total. The van der Waals surface area contributed by atoms with E-state index in [1.54, 1.807) is 6.07 Å². The highest BCUT2D eigenvalue weighted by Gasteiger charge is 2.35. The van der Waals surface area contributed by atoms with E-state index in [2.05, 4.69) is 18.7 Å². The van der Waals surface area contributed by atoms with E-state index >= 15 is 0 Å². The van der Waals surface area contributed by atoms with Crippen LogP contribution in [0.5, 0.6) is 0 Å². The van der Waals surface area contributed by atoms with Crippen LogP contribution in [-0.2, 0) is 6.54 Å². The SMILES string of the molecule is CCC1(CC)CCN(c2cccc(F)c2CN)C1. The maximum atomic E-state index is 13.8. The molecular formula is C15H23FN2. The molecule has 2 nitrogen and oxygen atoms in total. The molecule has 0 atom stereocenters. The van der Waals surface area contributed by atoms with Gasteiger partial charge in [0.05, 0.1) is 0 Å². The predicted molar refractivity (Wildman–Crippen MR) is 74.1 cm³/mol. The lowest BCUT2D eigenvalue weighted by Gasteiger charge is -2.28. The minimum atomic E-state index is -0.180. The first-order valence-electron chi connectivity index (χ1n) is 6.88. The van der Waals surface area contributed by atoms with Crippen LogP contribution in [0.3, 0.4) is 0 Å². The monoisotopic (exact) mass is 250 g/mol. The second-order valence-electron chi connectivity index (χ2n) is 5.32. The van der Waals surface area contributed by atoms with Crippen LogP contribution in [0.2, 0.25) is 0 Å². The van der Waals surface area contributed by atoms with E-state index in [4.69, 9.17) is 5.73 Å². The van der Waals surface area contributed by atoms with Gasteiger partial charge in [0.25, 0.3) is 0 Å². The Labute approximate surface area is 109 Å². The third-order valence-electron chi connectivity index (χ3n) is 4.58. The first-order chi connectivity index (χ1) is 8.65. The van der Waals surface area contributed by atoms with Crippen molar-refractivity contribution in [3.05, 3.63) is 29.6 Å². The number of nitrogens with zero attached hydrogens (tertiary/aromatic N) is 1. The van der Waals surface area contributed by atoms with Gasteiger partial charge >= 0.3 is 0 Å². The summed E-state index contributed by atoms with van der Waals surface area (Å²) >= 11 is 0. The van der Waals surface area contributed by atoms with Gasteiger partial charge in [0.1, 0.15) is 5.82 Å². The van der Waals surface area contributed by atoms with Crippen LogP contribution in [0, 0.1) is 11.2 Å². The van der Waals surface area contributed by atoms with Crippen LogP contribution in [0.4, 0.5) is 10.1 Å². The summed E-state index contributed by atoms with van der Waals surface area (Å²) in [5, 5.41) is 0. The Balaban J connectivity index is 2.27. The molecule has 0 saturated carbocycles. The lowest BCUT2D eigenvalue weighted by molar-refractivity contribution is 0.301. The molecule has 1 saturated heterocycles. The Bertz CT molecular complexity index is 413. The van der Waals surface area contributed by atoms with Gasteiger partial charge in [-0.15, -0.1) is 0 Å². The average Bonchev–Trinajstić information content (AvgIpc) is 2.83. The zero-order chi connectivity index (χ0) is 13.2. The molecule has 3 heteroatoms. The lowest BCUT2D eigenvalue weighted by atomic mass is 9.82. The standard InChI is InChI=1S/C15H23FN2/c1-3-15(4-2)8-9-18(11-15)14-7-5-6-13(16)12(14)10-17/h5-7H,3-4,8-11,17H2,1-2H3. The van der Waals surface area contributed by atoms with Crippen LogP contribution in [0.15, 0.2) is 18.2 Å². The van der Waals surface area contributed by atoms with Crippen LogP contribution in [-0.4, -0.2) is 13.1 Å². The molecule has 0 spiro atoms. The van der Waals surface area contributed by atoms with E-state index in [1.807, 2.05) is 6.07 Å². The fourth-order valence-electron chi connectivity index (χ4n) is 3.01. The summed E-state index contributed by atoms with van der Waals surface area (Å²) < 4.78 is 13.8. The van der Waals surface area contributed by atoms with Crippen molar-refractivity contribution in [1.29, 1.82) is 0 Å². The smallest absolute Gasteiger partial charge is 0.129 e. The zero-order valence-electron chi connectivity index (χ0n) is 11.4. The molecule has 0 bridgehead atoms. The van der Waals surface area contributed by atoms with Crippen LogP contribution in [0.1, 0.15) is 38.7 Å². The Morgan fingerprint density at radius 2 is 2.06 bits per heavy atom. The number of anilines is 1. The van der Waals surface area contributed by atoms with Gasteiger partial charge in [0, 0.05) is 30.9 Å². The fraction of sp³-hybridized carbons (Fsp3) is 0.600. The highest BCUT2D eigenvalue weighted by molar-refractivity contribution is 5.55. The summed E-state index contributed by atoms with van der Waals surface area (Å²) in [5.41, 5.74) is 7.73. The van der Waals surface area contributed by atoms with Gasteiger partial charge in [-0.05, 0) is 36.8 Å². The van der Waals surface area contributed by atoms with Gasteiger partial charge < -0.3 is 10.6 Å². The number of nitrogens with two attached hydrogens (primary N) is 1. The Morgan fingerprint density at radius 1 is 1.33 bits per heavy atom. The van der Waals surface area contributed by atoms with Crippen molar-refractivity contribution in [1.82, 2.24) is 0 Å². The molecule has 1 aliphatic rings. The fourth-order valence-corrected chi connectivity index (χ4v) is 3.01. The topological polar surface area (TPSA) is 29.3 Å². The molecule has 0 radical (unpaired) electrons. The number of benzene rings is 1. The lowest BCUT2D eigenvalue weighted by Crippen LogP contribution is -2.27. The van der Waals surface area contributed by atoms with Gasteiger partial charge in [-0.1, -0.05) is 19.9 Å². The predicted octanol–water partition coefficient (Wildman–Crippen LogP) is 3.30. The van der Waals surface area contributed by atoms with Crippen molar-refractivity contribution in [2.45, 2.75) is 39.7 Å². The van der Waals surface area contributed by atoms with E-state index in [0.29, 0.717) is 11.0 Å². The first kappa shape index (κ1) is 13.3. The van der Waals surface area contributed by atoms with Crippen molar-refractivity contribution in [2.75, 3.05) is 18.0 Å². The van der Waals surface area contributed by atoms with Crippen molar-refractivity contribution in [2.24, 2.45) is 11.1 Å². The third-order valence-corrected chi connectivity index (χ3v) is 4.58. The van der Waals surface area contributed by atoms with Crippen molar-refractivity contribution >= 4 is 5.69 Å². The molecule has 18 heavy (non-hydrogen) atoms. The van der Waals surface area contributed by atoms with Crippen LogP contribution < -0.4 is 10.6 Å². The average molecular weight is 250 g/mol. The van der Waals surface area contributed by atoms with Crippen LogP contribution >= 0.6 is 0 Å². The number of halogens is 1. The molecule has 0 aliphatic carbocycles. The molecule has 1 aromatic carbocycles. The molecule has 0 unspecified atom stereocenters. The summed E-state index contributed by atoms with van der Waals surface area (Å²) in [5.74, 6) is -0.180. The van der Waals surface area contributed by atoms with Crippen molar-refractivity contribution in [3.8, 4) is 0 Å². The molecule has 0 aromatic heterocycles. The maximum Gasteiger partial charge on any atom is 0.129 e. The number of hydrogen-bond acceptors (Lipinski definition) is 2. The molecule has 2 rings (SSSR count). The molecule has 1 aromatic rings. The summed E-state index contributed by atoms with van der Waals surface area (Å²) in [6.45, 7) is 6.81. The number of rotatable bonds is 4. The summed E-state index contributed by atoms with van der Waals surface area (Å²) in [7, 11) is 0. The van der Waals surface area contributed by atoms with E-state index in [0.717, 1.165) is 18.8 Å². The molecule has 0 amide bonds. The van der Waals surface area contributed by atoms with Gasteiger partial charge in [-0.3, -0.25) is 0 Å². The van der Waals surface area contributed by atoms with Gasteiger partial charge in [-0.25, -0.2) is 4.39 Å². The Morgan fingerprint density at radius 3 is 2.61 bits per heavy atom. The maximum absolute atomic E-state index is 13.8. The van der Waals surface area contributed by atoms with E-state index in [1.165, 1.54) is 25.3 Å². The van der Waals surface area contributed by atoms with E-state index < -0.39 is 0 Å². The Kier molecular flexibility index (Phi) is 3.91. The molecular weight excluding hydrogens is 227 g/mol. The highest BCUT2D eigenvalue weighted by Crippen LogP contribution is 2.40. The second kappa shape index (κ2) is 5.27. The van der Waals surface area contributed by atoms with Gasteiger partial charge in [0.15, 0.2) is 0 Å². The Hall–Kier alpha value is -1.09. The zero-order valence-corrected chi connectivity index (χ0v) is 11.4. The summed E-state index contributed by atoms with van der Waals surface area (Å²) in [6.07, 6.45) is 3.57. The minimum absolute atomic E-state index is 0.180. The van der Waals surface area contributed by atoms with Crippen LogP contribution in [0.25, 0.3) is 0 Å². The normalized spacial score (nSPS) is 18.3. The molecule has 1 heterocycles. The van der Waals surface area contributed by atoms with Crippen molar-refractivity contribution in [3.63, 3.8) is 0 Å². The van der Waals surface area contributed by atoms with Crippen molar-refractivity contribution < 1.29 is 4.39 Å². The third kappa shape index (κ3) is 2.24. The largest absolute Gasteiger partial charge is 0.371 e. The quantitative estimate of drug-likeness (QED) is 0.888. The molecule has 1 aliphatic heterocycles. The van der Waals surface area contributed by atoms with E-state index in [9.17, 15) is 4.39 Å². The highest BCUT2D eigenvalue weighted by atomic mass is 19.1. The number of hydrogen-bond donors (Lipinski definition) is 1. The molecule has 100 valence electrons. The first-order valence-corrected chi connectivity index (χ1v) is 6.88. The minimum Gasteiger partial charge on any atom is -0.371 e.